The van der Waals surface area contributed by atoms with Crippen molar-refractivity contribution in [3.8, 4) is 0 Å². The molecule has 1 fully saturated rings. The summed E-state index contributed by atoms with van der Waals surface area (Å²) in [6, 6.07) is 7.54. The number of benzene rings is 1. The lowest BCUT2D eigenvalue weighted by Gasteiger charge is -2.53. The number of hydrogen-bond donors (Lipinski definition) is 1. The van der Waals surface area contributed by atoms with Crippen molar-refractivity contribution in [3.63, 3.8) is 0 Å². The van der Waals surface area contributed by atoms with E-state index in [1.807, 2.05) is 29.2 Å². The van der Waals surface area contributed by atoms with Crippen LogP contribution in [0.15, 0.2) is 24.3 Å². The van der Waals surface area contributed by atoms with Gasteiger partial charge in [-0.1, -0.05) is 55.7 Å². The number of fused-ring (bicyclic) bond motifs is 1. The average Bonchev–Trinajstić information content (AvgIpc) is 3.21. The van der Waals surface area contributed by atoms with E-state index >= 15 is 0 Å². The van der Waals surface area contributed by atoms with Crippen LogP contribution in [0, 0.1) is 0 Å². The number of anilines is 1. The normalized spacial score (nSPS) is 20.0. The Morgan fingerprint density at radius 1 is 1.26 bits per heavy atom. The predicted molar refractivity (Wildman–Crippen MR) is 120 cm³/mol. The Balaban J connectivity index is 1.74. The highest BCUT2D eigenvalue weighted by molar-refractivity contribution is 7.15. The number of carbonyl (C=O) groups excluding carboxylic acids is 2. The van der Waals surface area contributed by atoms with Crippen LogP contribution in [0.4, 0.5) is 5.13 Å². The fourth-order valence-electron chi connectivity index (χ4n) is 5.15. The first-order chi connectivity index (χ1) is 15.1. The van der Waals surface area contributed by atoms with Crippen molar-refractivity contribution < 1.29 is 14.3 Å². The molecule has 1 aliphatic carbocycles. The van der Waals surface area contributed by atoms with Crippen molar-refractivity contribution in [2.45, 2.75) is 63.3 Å². The molecule has 1 saturated carbocycles. The van der Waals surface area contributed by atoms with E-state index in [2.05, 4.69) is 22.4 Å². The third-order valence-electron chi connectivity index (χ3n) is 6.48. The number of amides is 2. The predicted octanol–water partition coefficient (Wildman–Crippen LogP) is 4.02. The minimum absolute atomic E-state index is 0.000234. The fraction of sp³-hybridized carbons (Fsp3) is 0.565. The number of hydrogen-bond acceptors (Lipinski definition) is 6. The van der Waals surface area contributed by atoms with Gasteiger partial charge in [0.1, 0.15) is 5.01 Å². The molecule has 1 N–H and O–H groups in total. The van der Waals surface area contributed by atoms with Crippen molar-refractivity contribution in [1.29, 1.82) is 0 Å². The van der Waals surface area contributed by atoms with Gasteiger partial charge in [-0.3, -0.25) is 14.9 Å². The molecule has 0 bridgehead atoms. The number of carbonyl (C=O) groups is 2. The minimum atomic E-state index is -0.538. The van der Waals surface area contributed by atoms with E-state index in [1.54, 1.807) is 7.11 Å². The van der Waals surface area contributed by atoms with Gasteiger partial charge < -0.3 is 9.64 Å². The number of rotatable bonds is 7. The Hall–Kier alpha value is -2.32. The number of nitrogens with zero attached hydrogens (tertiary/aromatic N) is 3. The zero-order valence-electron chi connectivity index (χ0n) is 18.2. The van der Waals surface area contributed by atoms with Gasteiger partial charge in [0.2, 0.25) is 11.0 Å². The average molecular weight is 443 g/mol. The van der Waals surface area contributed by atoms with Gasteiger partial charge in [0.05, 0.1) is 18.1 Å². The van der Waals surface area contributed by atoms with E-state index in [-0.39, 0.29) is 11.8 Å². The summed E-state index contributed by atoms with van der Waals surface area (Å²) in [5, 5.41) is 12.9. The van der Waals surface area contributed by atoms with Gasteiger partial charge in [-0.15, -0.1) is 10.2 Å². The molecule has 7 nitrogen and oxygen atoms in total. The monoisotopic (exact) mass is 442 g/mol. The molecule has 0 radical (unpaired) electrons. The molecule has 2 heterocycles. The van der Waals surface area contributed by atoms with Crippen molar-refractivity contribution in [3.05, 3.63) is 40.4 Å². The van der Waals surface area contributed by atoms with Crippen molar-refractivity contribution in [1.82, 2.24) is 15.1 Å². The first kappa shape index (κ1) is 21.9. The molecule has 1 aromatic carbocycles. The number of nitrogens with one attached hydrogen (secondary N) is 1. The molecule has 8 heteroatoms. The topological polar surface area (TPSA) is 84.4 Å². The standard InChI is InChI=1S/C23H30N4O3S/c1-3-9-18-25-26-22(31-18)24-20(28)19-16-10-5-6-11-17(16)21(29)27(14-15-30-2)23(19)12-7-4-8-13-23/h5-6,10-11,19H,3-4,7-9,12-15H2,1-2H3,(H,24,26,28)/t19-/m0/s1. The zero-order valence-corrected chi connectivity index (χ0v) is 19.0. The molecular formula is C23H30N4O3S. The van der Waals surface area contributed by atoms with E-state index < -0.39 is 11.5 Å². The van der Waals surface area contributed by atoms with Gasteiger partial charge in [-0.25, -0.2) is 0 Å². The van der Waals surface area contributed by atoms with Gasteiger partial charge >= 0.3 is 0 Å². The van der Waals surface area contributed by atoms with Gasteiger partial charge in [-0.2, -0.15) is 0 Å². The molecule has 2 aliphatic rings. The molecule has 1 aliphatic heterocycles. The second-order valence-corrected chi connectivity index (χ2v) is 9.44. The van der Waals surface area contributed by atoms with Crippen LogP contribution in [0.5, 0.6) is 0 Å². The molecule has 2 amide bonds. The number of methoxy groups -OCH3 is 1. The highest BCUT2D eigenvalue weighted by Crippen LogP contribution is 2.49. The maximum atomic E-state index is 13.8. The second kappa shape index (κ2) is 9.44. The molecule has 31 heavy (non-hydrogen) atoms. The van der Waals surface area contributed by atoms with Crippen LogP contribution in [0.2, 0.25) is 0 Å². The van der Waals surface area contributed by atoms with E-state index in [1.165, 1.54) is 11.3 Å². The Bertz CT molecular complexity index is 938. The summed E-state index contributed by atoms with van der Waals surface area (Å²) in [6.45, 7) is 3.02. The van der Waals surface area contributed by atoms with Gasteiger partial charge in [0, 0.05) is 25.6 Å². The first-order valence-corrected chi connectivity index (χ1v) is 12.0. The third-order valence-corrected chi connectivity index (χ3v) is 7.38. The van der Waals surface area contributed by atoms with Crippen LogP contribution in [-0.4, -0.2) is 52.7 Å². The summed E-state index contributed by atoms with van der Waals surface area (Å²) in [7, 11) is 1.64. The lowest BCUT2D eigenvalue weighted by Crippen LogP contribution is -2.62. The molecular weight excluding hydrogens is 412 g/mol. The van der Waals surface area contributed by atoms with E-state index in [0.717, 1.165) is 55.5 Å². The maximum Gasteiger partial charge on any atom is 0.254 e. The van der Waals surface area contributed by atoms with Crippen molar-refractivity contribution in [2.24, 2.45) is 0 Å². The highest BCUT2D eigenvalue weighted by Gasteiger charge is 2.54. The Kier molecular flexibility index (Phi) is 6.67. The lowest BCUT2D eigenvalue weighted by atomic mass is 9.65. The van der Waals surface area contributed by atoms with Crippen molar-refractivity contribution >= 4 is 28.3 Å². The largest absolute Gasteiger partial charge is 0.383 e. The molecule has 4 rings (SSSR count). The molecule has 2 aromatic rings. The smallest absolute Gasteiger partial charge is 0.254 e. The third kappa shape index (κ3) is 4.11. The van der Waals surface area contributed by atoms with Crippen LogP contribution >= 0.6 is 11.3 Å². The van der Waals surface area contributed by atoms with Gasteiger partial charge in [0.25, 0.3) is 5.91 Å². The Labute approximate surface area is 187 Å². The lowest BCUT2D eigenvalue weighted by molar-refractivity contribution is -0.122. The van der Waals surface area contributed by atoms with Crippen LogP contribution in [0.1, 0.15) is 72.3 Å². The van der Waals surface area contributed by atoms with Gasteiger partial charge in [0.15, 0.2) is 0 Å². The Morgan fingerprint density at radius 3 is 2.77 bits per heavy atom. The highest BCUT2D eigenvalue weighted by atomic mass is 32.1. The van der Waals surface area contributed by atoms with Crippen molar-refractivity contribution in [2.75, 3.05) is 25.6 Å². The quantitative estimate of drug-likeness (QED) is 0.700. The van der Waals surface area contributed by atoms with Crippen LogP contribution in [0.3, 0.4) is 0 Å². The number of ether oxygens (including phenoxy) is 1. The zero-order chi connectivity index (χ0) is 21.8. The summed E-state index contributed by atoms with van der Waals surface area (Å²) in [4.78, 5) is 29.2. The second-order valence-electron chi connectivity index (χ2n) is 8.37. The summed E-state index contributed by atoms with van der Waals surface area (Å²) in [5.41, 5.74) is 0.890. The summed E-state index contributed by atoms with van der Waals surface area (Å²) in [6.07, 6.45) is 6.59. The van der Waals surface area contributed by atoms with Crippen LogP contribution < -0.4 is 5.32 Å². The minimum Gasteiger partial charge on any atom is -0.383 e. The molecule has 166 valence electrons. The molecule has 1 spiro atoms. The molecule has 0 unspecified atom stereocenters. The number of aromatic nitrogens is 2. The summed E-state index contributed by atoms with van der Waals surface area (Å²) in [5.74, 6) is -0.555. The van der Waals surface area contributed by atoms with Gasteiger partial charge in [-0.05, 0) is 30.9 Å². The molecule has 1 atom stereocenters. The SMILES string of the molecule is CCCc1nnc(NC(=O)[C@@H]2c3ccccc3C(=O)N(CCOC)C23CCCCC3)s1. The maximum absolute atomic E-state index is 13.8. The first-order valence-electron chi connectivity index (χ1n) is 11.1. The van der Waals surface area contributed by atoms with Crippen LogP contribution in [0.25, 0.3) is 0 Å². The van der Waals surface area contributed by atoms with E-state index in [4.69, 9.17) is 4.74 Å². The van der Waals surface area contributed by atoms with E-state index in [0.29, 0.717) is 23.8 Å². The summed E-state index contributed by atoms with van der Waals surface area (Å²) >= 11 is 1.43. The molecule has 1 aromatic heterocycles. The Morgan fingerprint density at radius 2 is 2.03 bits per heavy atom. The summed E-state index contributed by atoms with van der Waals surface area (Å²) < 4.78 is 5.32. The molecule has 0 saturated heterocycles. The number of aryl methyl sites for hydroxylation is 1. The van der Waals surface area contributed by atoms with Crippen LogP contribution in [-0.2, 0) is 16.0 Å². The van der Waals surface area contributed by atoms with E-state index in [9.17, 15) is 9.59 Å². The fourth-order valence-corrected chi connectivity index (χ4v) is 5.99.